The van der Waals surface area contributed by atoms with Crippen LogP contribution in [0.5, 0.6) is 11.5 Å². The summed E-state index contributed by atoms with van der Waals surface area (Å²) in [6, 6.07) is 6.74. The highest BCUT2D eigenvalue weighted by molar-refractivity contribution is 5.70. The summed E-state index contributed by atoms with van der Waals surface area (Å²) in [5, 5.41) is 0. The molecule has 0 atom stereocenters. The maximum atomic E-state index is 14.9. The molecule has 2 nitrogen and oxygen atoms in total. The zero-order valence-corrected chi connectivity index (χ0v) is 21.4. The Balaban J connectivity index is 1.35. The molecule has 2 aromatic carbocycles. The third-order valence-electron chi connectivity index (χ3n) is 8.41. The van der Waals surface area contributed by atoms with Gasteiger partial charge in [0.25, 0.3) is 6.43 Å². The van der Waals surface area contributed by atoms with Crippen LogP contribution in [-0.4, -0.2) is 13.2 Å². The van der Waals surface area contributed by atoms with Crippen LogP contribution < -0.4 is 9.47 Å². The lowest BCUT2D eigenvalue weighted by Gasteiger charge is -2.37. The average Bonchev–Trinajstić information content (AvgIpc) is 2.89. The van der Waals surface area contributed by atoms with Crippen molar-refractivity contribution in [2.75, 3.05) is 13.2 Å². The van der Waals surface area contributed by atoms with Crippen LogP contribution in [0.25, 0.3) is 11.1 Å². The van der Waals surface area contributed by atoms with Gasteiger partial charge >= 0.3 is 0 Å². The first-order chi connectivity index (χ1) is 17.4. The van der Waals surface area contributed by atoms with E-state index < -0.39 is 23.6 Å². The summed E-state index contributed by atoms with van der Waals surface area (Å²) < 4.78 is 67.7. The Bertz CT molecular complexity index is 993. The van der Waals surface area contributed by atoms with E-state index in [0.717, 1.165) is 36.7 Å². The van der Waals surface area contributed by atoms with Gasteiger partial charge in [-0.3, -0.25) is 0 Å². The molecule has 2 saturated carbocycles. The standard InChI is InChI=1S/C30H38F4O2/c1-3-19-5-9-21(10-6-19)22-11-7-20(8-12-22)18-36-26-15-13-23(17-25(26)31)24-14-16-27(35-4-2)29(32)28(24)30(33)34/h13-17,19-22,30H,3-12,18H2,1-2H3. The zero-order valence-electron chi connectivity index (χ0n) is 21.4. The molecule has 0 amide bonds. The van der Waals surface area contributed by atoms with Crippen LogP contribution in [0.1, 0.15) is 83.6 Å². The van der Waals surface area contributed by atoms with Gasteiger partial charge in [0.2, 0.25) is 0 Å². The van der Waals surface area contributed by atoms with Gasteiger partial charge < -0.3 is 9.47 Å². The molecule has 0 aromatic heterocycles. The van der Waals surface area contributed by atoms with Crippen molar-refractivity contribution in [1.82, 2.24) is 0 Å². The normalized spacial score (nSPS) is 24.6. The van der Waals surface area contributed by atoms with Crippen LogP contribution in [0.4, 0.5) is 17.6 Å². The third-order valence-corrected chi connectivity index (χ3v) is 8.41. The predicted molar refractivity (Wildman–Crippen MR) is 135 cm³/mol. The number of rotatable bonds is 9. The highest BCUT2D eigenvalue weighted by atomic mass is 19.3. The summed E-state index contributed by atoms with van der Waals surface area (Å²) in [5.41, 5.74) is -0.660. The van der Waals surface area contributed by atoms with Gasteiger partial charge in [-0.2, -0.15) is 0 Å². The van der Waals surface area contributed by atoms with Crippen molar-refractivity contribution in [2.45, 2.75) is 78.1 Å². The van der Waals surface area contributed by atoms with Gasteiger partial charge in [0.1, 0.15) is 0 Å². The Hall–Kier alpha value is -2.24. The van der Waals surface area contributed by atoms with Gasteiger partial charge in [0, 0.05) is 0 Å². The highest BCUT2D eigenvalue weighted by Gasteiger charge is 2.31. The number of hydrogen-bond acceptors (Lipinski definition) is 2. The molecule has 0 spiro atoms. The van der Waals surface area contributed by atoms with E-state index in [1.807, 2.05) is 0 Å². The second kappa shape index (κ2) is 12.3. The Kier molecular flexibility index (Phi) is 9.19. The van der Waals surface area contributed by atoms with Crippen LogP contribution in [0.2, 0.25) is 0 Å². The molecule has 6 heteroatoms. The minimum Gasteiger partial charge on any atom is -0.491 e. The number of alkyl halides is 2. The van der Waals surface area contributed by atoms with E-state index >= 15 is 0 Å². The van der Waals surface area contributed by atoms with E-state index in [9.17, 15) is 17.6 Å². The molecule has 4 rings (SSSR count). The fourth-order valence-corrected chi connectivity index (χ4v) is 6.19. The molecule has 0 saturated heterocycles. The quantitative estimate of drug-likeness (QED) is 0.315. The molecule has 2 aliphatic rings. The lowest BCUT2D eigenvalue weighted by Crippen LogP contribution is -2.27. The zero-order chi connectivity index (χ0) is 25.7. The number of benzene rings is 2. The summed E-state index contributed by atoms with van der Waals surface area (Å²) in [6.07, 6.45) is 8.37. The van der Waals surface area contributed by atoms with E-state index in [-0.39, 0.29) is 29.2 Å². The minimum atomic E-state index is -3.06. The van der Waals surface area contributed by atoms with Gasteiger partial charge in [-0.25, -0.2) is 17.6 Å². The molecule has 198 valence electrons. The molecule has 0 N–H and O–H groups in total. The number of ether oxygens (including phenoxy) is 2. The van der Waals surface area contributed by atoms with Crippen molar-refractivity contribution in [3.8, 4) is 22.6 Å². The molecule has 0 heterocycles. The van der Waals surface area contributed by atoms with Crippen LogP contribution in [0, 0.1) is 35.3 Å². The smallest absolute Gasteiger partial charge is 0.267 e. The Morgan fingerprint density at radius 2 is 1.39 bits per heavy atom. The van der Waals surface area contributed by atoms with Crippen LogP contribution in [0.3, 0.4) is 0 Å². The van der Waals surface area contributed by atoms with Gasteiger partial charge in [-0.15, -0.1) is 0 Å². The molecule has 0 bridgehead atoms. The number of hydrogen-bond donors (Lipinski definition) is 0. The van der Waals surface area contributed by atoms with Crippen molar-refractivity contribution >= 4 is 0 Å². The van der Waals surface area contributed by atoms with Crippen LogP contribution in [0.15, 0.2) is 30.3 Å². The fourth-order valence-electron chi connectivity index (χ4n) is 6.19. The summed E-state index contributed by atoms with van der Waals surface area (Å²) in [5.74, 6) is 1.12. The predicted octanol–water partition coefficient (Wildman–Crippen LogP) is 9.37. The van der Waals surface area contributed by atoms with Crippen LogP contribution >= 0.6 is 0 Å². The lowest BCUT2D eigenvalue weighted by molar-refractivity contribution is 0.121. The first-order valence-corrected chi connectivity index (χ1v) is 13.6. The molecule has 2 aromatic rings. The monoisotopic (exact) mass is 506 g/mol. The summed E-state index contributed by atoms with van der Waals surface area (Å²) >= 11 is 0. The first kappa shape index (κ1) is 26.8. The van der Waals surface area contributed by atoms with Gasteiger partial charge in [-0.1, -0.05) is 32.3 Å². The van der Waals surface area contributed by atoms with E-state index in [1.54, 1.807) is 6.92 Å². The van der Waals surface area contributed by atoms with E-state index in [2.05, 4.69) is 6.92 Å². The van der Waals surface area contributed by atoms with Gasteiger partial charge in [-0.05, 0) is 105 Å². The van der Waals surface area contributed by atoms with Gasteiger partial charge in [0.05, 0.1) is 18.8 Å². The van der Waals surface area contributed by atoms with E-state index in [4.69, 9.17) is 9.47 Å². The first-order valence-electron chi connectivity index (χ1n) is 13.6. The van der Waals surface area contributed by atoms with Crippen molar-refractivity contribution in [2.24, 2.45) is 23.7 Å². The second-order valence-electron chi connectivity index (χ2n) is 10.5. The molecule has 0 radical (unpaired) electrons. The molecular weight excluding hydrogens is 468 g/mol. The maximum absolute atomic E-state index is 14.9. The Labute approximate surface area is 212 Å². The molecule has 2 aliphatic carbocycles. The lowest BCUT2D eigenvalue weighted by atomic mass is 9.69. The third kappa shape index (κ3) is 6.18. The minimum absolute atomic E-state index is 0.0531. The molecule has 0 unspecified atom stereocenters. The average molecular weight is 507 g/mol. The van der Waals surface area contributed by atoms with Crippen molar-refractivity contribution in [3.63, 3.8) is 0 Å². The molecule has 0 aliphatic heterocycles. The Morgan fingerprint density at radius 1 is 0.778 bits per heavy atom. The molecular formula is C30H38F4O2. The van der Waals surface area contributed by atoms with Crippen molar-refractivity contribution in [3.05, 3.63) is 47.5 Å². The number of halogens is 4. The maximum Gasteiger partial charge on any atom is 0.267 e. The Morgan fingerprint density at radius 3 is 1.94 bits per heavy atom. The largest absolute Gasteiger partial charge is 0.491 e. The summed E-state index contributed by atoms with van der Waals surface area (Å²) in [4.78, 5) is 0. The summed E-state index contributed by atoms with van der Waals surface area (Å²) in [7, 11) is 0. The fraction of sp³-hybridized carbons (Fsp3) is 0.600. The van der Waals surface area contributed by atoms with Crippen molar-refractivity contribution < 1.29 is 27.0 Å². The summed E-state index contributed by atoms with van der Waals surface area (Å²) in [6.45, 7) is 4.55. The molecule has 2 fully saturated rings. The highest BCUT2D eigenvalue weighted by Crippen LogP contribution is 2.42. The second-order valence-corrected chi connectivity index (χ2v) is 10.5. The van der Waals surface area contributed by atoms with E-state index in [0.29, 0.717) is 12.5 Å². The van der Waals surface area contributed by atoms with Crippen molar-refractivity contribution in [1.29, 1.82) is 0 Å². The van der Waals surface area contributed by atoms with E-state index in [1.165, 1.54) is 69.2 Å². The van der Waals surface area contributed by atoms with Crippen LogP contribution in [-0.2, 0) is 0 Å². The topological polar surface area (TPSA) is 18.5 Å². The SMILES string of the molecule is CCOc1ccc(-c2ccc(OCC3CCC(C4CCC(CC)CC4)CC3)c(F)c2)c(C(F)F)c1F. The van der Waals surface area contributed by atoms with Gasteiger partial charge in [0.15, 0.2) is 23.1 Å². The molecule has 36 heavy (non-hydrogen) atoms.